The third kappa shape index (κ3) is 5.54. The zero-order chi connectivity index (χ0) is 18.2. The van der Waals surface area contributed by atoms with E-state index < -0.39 is 16.7 Å². The van der Waals surface area contributed by atoms with E-state index >= 15 is 0 Å². The number of carbonyl (C=O) groups is 2. The molecule has 2 aromatic rings. The number of para-hydroxylation sites is 1. The van der Waals surface area contributed by atoms with E-state index in [4.69, 9.17) is 0 Å². The van der Waals surface area contributed by atoms with Crippen LogP contribution in [0.3, 0.4) is 0 Å². The van der Waals surface area contributed by atoms with E-state index in [1.165, 1.54) is 24.4 Å². The Kier molecular flexibility index (Phi) is 5.94. The topological polar surface area (TPSA) is 114 Å². The SMILES string of the molecule is Cc1ccccc1NC(=O)CC(=O)NN=Cc1cccc([N+](=O)[O-])c1. The number of amides is 2. The van der Waals surface area contributed by atoms with E-state index in [0.29, 0.717) is 11.3 Å². The Bertz CT molecular complexity index is 833. The summed E-state index contributed by atoms with van der Waals surface area (Å²) in [5, 5.41) is 17.0. The summed E-state index contributed by atoms with van der Waals surface area (Å²) in [6, 6.07) is 13.0. The molecule has 2 N–H and O–H groups in total. The monoisotopic (exact) mass is 340 g/mol. The highest BCUT2D eigenvalue weighted by Crippen LogP contribution is 2.13. The molecule has 2 aromatic carbocycles. The summed E-state index contributed by atoms with van der Waals surface area (Å²) in [5.41, 5.74) is 4.12. The van der Waals surface area contributed by atoms with Gasteiger partial charge in [0.1, 0.15) is 6.42 Å². The van der Waals surface area contributed by atoms with Gasteiger partial charge in [0.05, 0.1) is 11.1 Å². The van der Waals surface area contributed by atoms with Crippen LogP contribution in [0.4, 0.5) is 11.4 Å². The van der Waals surface area contributed by atoms with Crippen LogP contribution in [0.1, 0.15) is 17.5 Å². The molecule has 0 saturated heterocycles. The second kappa shape index (κ2) is 8.34. The van der Waals surface area contributed by atoms with E-state index in [1.54, 1.807) is 18.2 Å². The smallest absolute Gasteiger partial charge is 0.270 e. The van der Waals surface area contributed by atoms with E-state index in [9.17, 15) is 19.7 Å². The zero-order valence-electron chi connectivity index (χ0n) is 13.4. The van der Waals surface area contributed by atoms with E-state index in [1.807, 2.05) is 19.1 Å². The van der Waals surface area contributed by atoms with Gasteiger partial charge in [0.25, 0.3) is 5.69 Å². The molecule has 0 saturated carbocycles. The van der Waals surface area contributed by atoms with Gasteiger partial charge in [-0.2, -0.15) is 5.10 Å². The van der Waals surface area contributed by atoms with Crippen molar-refractivity contribution < 1.29 is 14.5 Å². The number of nitrogens with zero attached hydrogens (tertiary/aromatic N) is 2. The normalized spacial score (nSPS) is 10.4. The molecule has 8 nitrogen and oxygen atoms in total. The molecule has 25 heavy (non-hydrogen) atoms. The van der Waals surface area contributed by atoms with Gasteiger partial charge < -0.3 is 5.32 Å². The van der Waals surface area contributed by atoms with Crippen molar-refractivity contribution in [2.24, 2.45) is 5.10 Å². The van der Waals surface area contributed by atoms with Gasteiger partial charge >= 0.3 is 0 Å². The standard InChI is InChI=1S/C17H16N4O4/c1-12-5-2-3-8-15(12)19-16(22)10-17(23)20-18-11-13-6-4-7-14(9-13)21(24)25/h2-9,11H,10H2,1H3,(H,19,22)(H,20,23). The molecule has 2 rings (SSSR count). The minimum atomic E-state index is -0.590. The van der Waals surface area contributed by atoms with Gasteiger partial charge in [-0.15, -0.1) is 0 Å². The third-order valence-electron chi connectivity index (χ3n) is 3.22. The molecule has 128 valence electrons. The number of non-ortho nitro benzene ring substituents is 1. The fraction of sp³-hybridized carbons (Fsp3) is 0.118. The fourth-order valence-corrected chi connectivity index (χ4v) is 1.99. The van der Waals surface area contributed by atoms with Gasteiger partial charge in [0.15, 0.2) is 0 Å². The van der Waals surface area contributed by atoms with E-state index in [-0.39, 0.29) is 12.1 Å². The molecular formula is C17H16N4O4. The second-order valence-electron chi connectivity index (χ2n) is 5.19. The van der Waals surface area contributed by atoms with E-state index in [0.717, 1.165) is 5.56 Å². The number of rotatable bonds is 6. The van der Waals surface area contributed by atoms with Crippen LogP contribution in [-0.2, 0) is 9.59 Å². The van der Waals surface area contributed by atoms with Crippen molar-refractivity contribution in [2.45, 2.75) is 13.3 Å². The number of anilines is 1. The fourth-order valence-electron chi connectivity index (χ4n) is 1.99. The summed E-state index contributed by atoms with van der Waals surface area (Å²) in [6.07, 6.45) is 0.880. The van der Waals surface area contributed by atoms with Crippen LogP contribution in [0.25, 0.3) is 0 Å². The average Bonchev–Trinajstić information content (AvgIpc) is 2.57. The Balaban J connectivity index is 1.86. The summed E-state index contributed by atoms with van der Waals surface area (Å²) in [5.74, 6) is -1.05. The first-order valence-electron chi connectivity index (χ1n) is 7.37. The Hall–Kier alpha value is -3.55. The molecule has 0 bridgehead atoms. The van der Waals surface area contributed by atoms with Crippen LogP contribution in [-0.4, -0.2) is 23.0 Å². The van der Waals surface area contributed by atoms with Crippen molar-refractivity contribution in [3.8, 4) is 0 Å². The molecule has 8 heteroatoms. The Morgan fingerprint density at radius 1 is 1.16 bits per heavy atom. The van der Waals surface area contributed by atoms with Gasteiger partial charge in [0, 0.05) is 23.4 Å². The first-order valence-corrected chi connectivity index (χ1v) is 7.37. The molecule has 0 spiro atoms. The lowest BCUT2D eigenvalue weighted by atomic mass is 10.2. The first kappa shape index (κ1) is 17.8. The maximum atomic E-state index is 11.8. The first-order chi connectivity index (χ1) is 12.0. The number of nitro groups is 1. The Morgan fingerprint density at radius 2 is 1.92 bits per heavy atom. The minimum Gasteiger partial charge on any atom is -0.325 e. The molecule has 0 aliphatic heterocycles. The summed E-state index contributed by atoms with van der Waals surface area (Å²) < 4.78 is 0. The summed E-state index contributed by atoms with van der Waals surface area (Å²) >= 11 is 0. The van der Waals surface area contributed by atoms with Gasteiger partial charge in [-0.05, 0) is 18.6 Å². The number of nitro benzene ring substituents is 1. The van der Waals surface area contributed by atoms with Crippen molar-refractivity contribution >= 4 is 29.4 Å². The van der Waals surface area contributed by atoms with Gasteiger partial charge in [-0.25, -0.2) is 5.43 Å². The van der Waals surface area contributed by atoms with Gasteiger partial charge in [-0.3, -0.25) is 19.7 Å². The van der Waals surface area contributed by atoms with Crippen LogP contribution < -0.4 is 10.7 Å². The van der Waals surface area contributed by atoms with Crippen molar-refractivity contribution in [3.05, 3.63) is 69.8 Å². The number of aryl methyl sites for hydroxylation is 1. The number of hydrogen-bond donors (Lipinski definition) is 2. The van der Waals surface area contributed by atoms with Crippen molar-refractivity contribution in [1.82, 2.24) is 5.43 Å². The molecule has 0 heterocycles. The van der Waals surface area contributed by atoms with Crippen LogP contribution in [0.5, 0.6) is 0 Å². The van der Waals surface area contributed by atoms with Crippen LogP contribution in [0.2, 0.25) is 0 Å². The average molecular weight is 340 g/mol. The van der Waals surface area contributed by atoms with Gasteiger partial charge in [-0.1, -0.05) is 30.3 Å². The maximum Gasteiger partial charge on any atom is 0.270 e. The number of hydrogen-bond acceptors (Lipinski definition) is 5. The highest BCUT2D eigenvalue weighted by Gasteiger charge is 2.10. The highest BCUT2D eigenvalue weighted by molar-refractivity contribution is 6.04. The summed E-state index contributed by atoms with van der Waals surface area (Å²) in [6.45, 7) is 1.85. The van der Waals surface area contributed by atoms with Crippen molar-refractivity contribution in [2.75, 3.05) is 5.32 Å². The molecular weight excluding hydrogens is 324 g/mol. The molecule has 0 aromatic heterocycles. The molecule has 0 unspecified atom stereocenters. The molecule has 0 radical (unpaired) electrons. The van der Waals surface area contributed by atoms with Crippen molar-refractivity contribution in [1.29, 1.82) is 0 Å². The third-order valence-corrected chi connectivity index (χ3v) is 3.22. The van der Waals surface area contributed by atoms with Crippen LogP contribution >= 0.6 is 0 Å². The number of nitrogens with one attached hydrogen (secondary N) is 2. The van der Waals surface area contributed by atoms with Gasteiger partial charge in [0.2, 0.25) is 11.8 Å². The summed E-state index contributed by atoms with van der Waals surface area (Å²) in [7, 11) is 0. The second-order valence-corrected chi connectivity index (χ2v) is 5.19. The van der Waals surface area contributed by atoms with Crippen LogP contribution in [0.15, 0.2) is 53.6 Å². The number of benzene rings is 2. The lowest BCUT2D eigenvalue weighted by Gasteiger charge is -2.07. The predicted octanol–water partition coefficient (Wildman–Crippen LogP) is 2.38. The number of carbonyl (C=O) groups excluding carboxylic acids is 2. The van der Waals surface area contributed by atoms with E-state index in [2.05, 4.69) is 15.8 Å². The molecule has 0 aliphatic carbocycles. The maximum absolute atomic E-state index is 11.8. The molecule has 0 aliphatic rings. The van der Waals surface area contributed by atoms with Crippen molar-refractivity contribution in [3.63, 3.8) is 0 Å². The predicted molar refractivity (Wildman–Crippen MR) is 93.3 cm³/mol. The largest absolute Gasteiger partial charge is 0.325 e. The molecule has 2 amide bonds. The van der Waals surface area contributed by atoms with Crippen LogP contribution in [0, 0.1) is 17.0 Å². The molecule has 0 fully saturated rings. The summed E-state index contributed by atoms with van der Waals surface area (Å²) in [4.78, 5) is 33.7. The lowest BCUT2D eigenvalue weighted by molar-refractivity contribution is -0.384. The number of hydrazone groups is 1. The molecule has 0 atom stereocenters. The minimum absolute atomic E-state index is 0.0760. The quantitative estimate of drug-likeness (QED) is 0.364. The zero-order valence-corrected chi connectivity index (χ0v) is 13.4. The lowest BCUT2D eigenvalue weighted by Crippen LogP contribution is -2.24. The highest BCUT2D eigenvalue weighted by atomic mass is 16.6. The Morgan fingerprint density at radius 3 is 2.64 bits per heavy atom. The Labute approximate surface area is 143 Å².